The van der Waals surface area contributed by atoms with E-state index < -0.39 is 0 Å². The molecule has 0 aliphatic carbocycles. The first kappa shape index (κ1) is 12.3. The second-order valence-corrected chi connectivity index (χ2v) is 5.19. The van der Waals surface area contributed by atoms with E-state index in [0.717, 1.165) is 25.9 Å². The Balaban J connectivity index is 1.70. The summed E-state index contributed by atoms with van der Waals surface area (Å²) in [5.41, 5.74) is 0. The molecule has 2 heterocycles. The zero-order valence-electron chi connectivity index (χ0n) is 9.56. The van der Waals surface area contributed by atoms with Crippen molar-refractivity contribution < 1.29 is 4.79 Å². The molecule has 0 aromatic carbocycles. The average Bonchev–Trinajstić information content (AvgIpc) is 2.39. The molecule has 1 saturated heterocycles. The first-order chi connectivity index (χ1) is 8.34. The zero-order chi connectivity index (χ0) is 11.9. The number of piperidine rings is 1. The van der Waals surface area contributed by atoms with E-state index in [1.165, 1.54) is 0 Å². The van der Waals surface area contributed by atoms with Crippen LogP contribution >= 0.6 is 11.8 Å². The molecule has 1 aromatic heterocycles. The Kier molecular flexibility index (Phi) is 4.75. The molecule has 0 unspecified atom stereocenters. The van der Waals surface area contributed by atoms with Crippen molar-refractivity contribution in [3.05, 3.63) is 18.6 Å². The van der Waals surface area contributed by atoms with Gasteiger partial charge in [0.25, 0.3) is 0 Å². The molecule has 1 amide bonds. The summed E-state index contributed by atoms with van der Waals surface area (Å²) in [4.78, 5) is 19.5. The van der Waals surface area contributed by atoms with Crippen molar-refractivity contribution in [3.63, 3.8) is 0 Å². The average molecular weight is 252 g/mol. The zero-order valence-corrected chi connectivity index (χ0v) is 10.4. The molecular formula is C11H16N4OS. The number of aromatic nitrogens is 2. The van der Waals surface area contributed by atoms with Crippen LogP contribution in [-0.4, -0.2) is 40.0 Å². The predicted octanol–water partition coefficient (Wildman–Crippen LogP) is 0.900. The van der Waals surface area contributed by atoms with Gasteiger partial charge in [0.2, 0.25) is 5.91 Å². The van der Waals surface area contributed by atoms with Crippen LogP contribution in [0.5, 0.6) is 0 Å². The summed E-state index contributed by atoms with van der Waals surface area (Å²) in [5, 5.41) is 6.64. The Bertz CT molecular complexity index is 354. The predicted molar refractivity (Wildman–Crippen MR) is 69.0 cm³/mol. The molecule has 0 atom stereocenters. The summed E-state index contributed by atoms with van der Waals surface area (Å²) >= 11 is 1.72. The van der Waals surface area contributed by atoms with Crippen LogP contribution in [0.1, 0.15) is 12.8 Å². The van der Waals surface area contributed by atoms with Gasteiger partial charge in [-0.1, -0.05) is 0 Å². The molecule has 1 fully saturated rings. The minimum atomic E-state index is -0.00553. The molecule has 1 aliphatic rings. The van der Waals surface area contributed by atoms with Crippen LogP contribution in [0.25, 0.3) is 0 Å². The van der Waals surface area contributed by atoms with Gasteiger partial charge in [-0.25, -0.2) is 4.98 Å². The first-order valence-corrected chi connectivity index (χ1v) is 6.77. The summed E-state index contributed by atoms with van der Waals surface area (Å²) in [7, 11) is 0. The number of nitrogens with zero attached hydrogens (tertiary/aromatic N) is 2. The maximum Gasteiger partial charge on any atom is 0.235 e. The number of rotatable bonds is 4. The number of thioether (sulfide) groups is 1. The van der Waals surface area contributed by atoms with E-state index in [1.807, 2.05) is 0 Å². The van der Waals surface area contributed by atoms with E-state index in [0.29, 0.717) is 16.8 Å². The molecular weight excluding hydrogens is 236 g/mol. The SMILES string of the molecule is O=C(CSC1CCNCC1)Nc1cnccn1. The molecule has 0 saturated carbocycles. The van der Waals surface area contributed by atoms with Crippen LogP contribution in [0.3, 0.4) is 0 Å². The molecule has 2 rings (SSSR count). The molecule has 1 aliphatic heterocycles. The van der Waals surface area contributed by atoms with Gasteiger partial charge in [-0.05, 0) is 25.9 Å². The van der Waals surface area contributed by atoms with E-state index in [4.69, 9.17) is 0 Å². The van der Waals surface area contributed by atoms with Gasteiger partial charge in [0, 0.05) is 17.6 Å². The number of amides is 1. The fourth-order valence-electron chi connectivity index (χ4n) is 1.70. The van der Waals surface area contributed by atoms with Crippen molar-refractivity contribution in [2.24, 2.45) is 0 Å². The van der Waals surface area contributed by atoms with E-state index in [2.05, 4.69) is 20.6 Å². The van der Waals surface area contributed by atoms with Crippen LogP contribution in [0.2, 0.25) is 0 Å². The first-order valence-electron chi connectivity index (χ1n) is 5.73. The van der Waals surface area contributed by atoms with E-state index in [9.17, 15) is 4.79 Å². The number of anilines is 1. The van der Waals surface area contributed by atoms with Crippen molar-refractivity contribution in [1.82, 2.24) is 15.3 Å². The fourth-order valence-corrected chi connectivity index (χ4v) is 2.73. The van der Waals surface area contributed by atoms with Crippen LogP contribution in [0.4, 0.5) is 5.82 Å². The van der Waals surface area contributed by atoms with Crippen LogP contribution in [0.15, 0.2) is 18.6 Å². The highest BCUT2D eigenvalue weighted by atomic mass is 32.2. The van der Waals surface area contributed by atoms with E-state index in [-0.39, 0.29) is 5.91 Å². The lowest BCUT2D eigenvalue weighted by molar-refractivity contribution is -0.113. The Morgan fingerprint density at radius 3 is 3.00 bits per heavy atom. The van der Waals surface area contributed by atoms with Gasteiger partial charge in [0.1, 0.15) is 0 Å². The monoisotopic (exact) mass is 252 g/mol. The lowest BCUT2D eigenvalue weighted by Crippen LogP contribution is -2.30. The van der Waals surface area contributed by atoms with Crippen LogP contribution < -0.4 is 10.6 Å². The summed E-state index contributed by atoms with van der Waals surface area (Å²) in [6.45, 7) is 2.12. The van der Waals surface area contributed by atoms with Crippen molar-refractivity contribution in [3.8, 4) is 0 Å². The number of hydrogen-bond donors (Lipinski definition) is 2. The third-order valence-corrected chi connectivity index (χ3v) is 3.94. The molecule has 17 heavy (non-hydrogen) atoms. The largest absolute Gasteiger partial charge is 0.317 e. The standard InChI is InChI=1S/C11H16N4OS/c16-11(15-10-7-13-5-6-14-10)8-17-9-1-3-12-4-2-9/h5-7,9,12H,1-4,8H2,(H,14,15,16). The van der Waals surface area contributed by atoms with Crippen molar-refractivity contribution in [1.29, 1.82) is 0 Å². The highest BCUT2D eigenvalue weighted by Crippen LogP contribution is 2.19. The number of carbonyl (C=O) groups excluding carboxylic acids is 1. The van der Waals surface area contributed by atoms with Gasteiger partial charge in [0.15, 0.2) is 5.82 Å². The minimum Gasteiger partial charge on any atom is -0.317 e. The Labute approximate surface area is 105 Å². The fraction of sp³-hybridized carbons (Fsp3) is 0.545. The van der Waals surface area contributed by atoms with Crippen LogP contribution in [-0.2, 0) is 4.79 Å². The minimum absolute atomic E-state index is 0.00553. The molecule has 5 nitrogen and oxygen atoms in total. The van der Waals surface area contributed by atoms with Gasteiger partial charge in [-0.2, -0.15) is 0 Å². The molecule has 0 bridgehead atoms. The van der Waals surface area contributed by atoms with Gasteiger partial charge in [0.05, 0.1) is 11.9 Å². The van der Waals surface area contributed by atoms with Crippen molar-refractivity contribution >= 4 is 23.5 Å². The Morgan fingerprint density at radius 1 is 1.47 bits per heavy atom. The van der Waals surface area contributed by atoms with Crippen LogP contribution in [0, 0.1) is 0 Å². The molecule has 2 N–H and O–H groups in total. The quantitative estimate of drug-likeness (QED) is 0.833. The number of nitrogens with one attached hydrogen (secondary N) is 2. The highest BCUT2D eigenvalue weighted by Gasteiger charge is 2.14. The third-order valence-electron chi connectivity index (χ3n) is 2.57. The Morgan fingerprint density at radius 2 is 2.29 bits per heavy atom. The summed E-state index contributed by atoms with van der Waals surface area (Å²) < 4.78 is 0. The number of hydrogen-bond acceptors (Lipinski definition) is 5. The molecule has 0 spiro atoms. The summed E-state index contributed by atoms with van der Waals surface area (Å²) in [6.07, 6.45) is 6.98. The molecule has 92 valence electrons. The maximum absolute atomic E-state index is 11.6. The molecule has 1 aromatic rings. The van der Waals surface area contributed by atoms with Gasteiger partial charge in [-0.15, -0.1) is 11.8 Å². The van der Waals surface area contributed by atoms with E-state index >= 15 is 0 Å². The highest BCUT2D eigenvalue weighted by molar-refractivity contribution is 8.00. The normalized spacial score (nSPS) is 16.7. The summed E-state index contributed by atoms with van der Waals surface area (Å²) in [5.74, 6) is 0.999. The number of carbonyl (C=O) groups is 1. The third kappa shape index (κ3) is 4.32. The summed E-state index contributed by atoms with van der Waals surface area (Å²) in [6, 6.07) is 0. The smallest absolute Gasteiger partial charge is 0.235 e. The van der Waals surface area contributed by atoms with E-state index in [1.54, 1.807) is 30.4 Å². The maximum atomic E-state index is 11.6. The lowest BCUT2D eigenvalue weighted by atomic mass is 10.2. The van der Waals surface area contributed by atoms with Gasteiger partial charge < -0.3 is 10.6 Å². The van der Waals surface area contributed by atoms with Gasteiger partial charge >= 0.3 is 0 Å². The van der Waals surface area contributed by atoms with Gasteiger partial charge in [-0.3, -0.25) is 9.78 Å². The second kappa shape index (κ2) is 6.56. The second-order valence-electron chi connectivity index (χ2n) is 3.90. The lowest BCUT2D eigenvalue weighted by Gasteiger charge is -2.21. The van der Waals surface area contributed by atoms with Crippen molar-refractivity contribution in [2.75, 3.05) is 24.2 Å². The van der Waals surface area contributed by atoms with Crippen molar-refractivity contribution in [2.45, 2.75) is 18.1 Å². The molecule has 6 heteroatoms. The Hall–Kier alpha value is -1.14. The molecule has 0 radical (unpaired) electrons. The topological polar surface area (TPSA) is 66.9 Å².